The predicted octanol–water partition coefficient (Wildman–Crippen LogP) is 2.95. The maximum Gasteiger partial charge on any atom is 0.119 e. The summed E-state index contributed by atoms with van der Waals surface area (Å²) in [6.45, 7) is 8.32. The van der Waals surface area contributed by atoms with Crippen molar-refractivity contribution in [1.29, 1.82) is 0 Å². The van der Waals surface area contributed by atoms with Crippen LogP contribution in [0.2, 0.25) is 0 Å². The first-order valence-electron chi connectivity index (χ1n) is 5.68. The van der Waals surface area contributed by atoms with Crippen LogP contribution < -0.4 is 4.74 Å². The molecule has 0 radical (unpaired) electrons. The van der Waals surface area contributed by atoms with Gasteiger partial charge >= 0.3 is 0 Å². The van der Waals surface area contributed by atoms with Crippen molar-refractivity contribution in [3.63, 3.8) is 0 Å². The van der Waals surface area contributed by atoms with Crippen molar-refractivity contribution in [2.24, 2.45) is 0 Å². The van der Waals surface area contributed by atoms with Crippen molar-refractivity contribution in [3.05, 3.63) is 42.0 Å². The molecule has 0 bridgehead atoms. The second-order valence-electron chi connectivity index (χ2n) is 4.09. The van der Waals surface area contributed by atoms with Gasteiger partial charge in [-0.1, -0.05) is 25.6 Å². The van der Waals surface area contributed by atoms with Gasteiger partial charge in [-0.25, -0.2) is 0 Å². The monoisotopic (exact) mass is 220 g/mol. The zero-order valence-corrected chi connectivity index (χ0v) is 10.1. The van der Waals surface area contributed by atoms with Crippen LogP contribution in [0.1, 0.15) is 25.8 Å². The van der Waals surface area contributed by atoms with Gasteiger partial charge in [0.05, 0.1) is 6.10 Å². The Morgan fingerprint density at radius 3 is 2.50 bits per heavy atom. The number of hydrogen-bond donors (Lipinski definition) is 1. The smallest absolute Gasteiger partial charge is 0.119 e. The zero-order valence-electron chi connectivity index (χ0n) is 10.1. The maximum atomic E-state index is 9.24. The van der Waals surface area contributed by atoms with Crippen LogP contribution in [0.15, 0.2) is 36.4 Å². The van der Waals surface area contributed by atoms with Crippen LogP contribution in [0, 0.1) is 0 Å². The molecule has 2 nitrogen and oxygen atoms in total. The van der Waals surface area contributed by atoms with E-state index in [4.69, 9.17) is 4.74 Å². The number of hydrogen-bond acceptors (Lipinski definition) is 2. The maximum absolute atomic E-state index is 9.24. The quantitative estimate of drug-likeness (QED) is 0.747. The van der Waals surface area contributed by atoms with Crippen molar-refractivity contribution in [2.75, 3.05) is 6.61 Å². The summed E-state index contributed by atoms with van der Waals surface area (Å²) in [4.78, 5) is 0. The van der Waals surface area contributed by atoms with E-state index in [1.807, 2.05) is 24.3 Å². The number of aliphatic hydroxyl groups excluding tert-OH is 1. The summed E-state index contributed by atoms with van der Waals surface area (Å²) in [5, 5.41) is 9.24. The van der Waals surface area contributed by atoms with Gasteiger partial charge in [0.1, 0.15) is 12.4 Å². The van der Waals surface area contributed by atoms with Gasteiger partial charge < -0.3 is 9.84 Å². The van der Waals surface area contributed by atoms with Gasteiger partial charge in [-0.3, -0.25) is 0 Å². The number of rotatable bonds is 6. The van der Waals surface area contributed by atoms with Crippen LogP contribution in [0.3, 0.4) is 0 Å². The Morgan fingerprint density at radius 1 is 1.38 bits per heavy atom. The highest BCUT2D eigenvalue weighted by molar-refractivity contribution is 5.28. The van der Waals surface area contributed by atoms with Crippen LogP contribution in [-0.4, -0.2) is 17.8 Å². The van der Waals surface area contributed by atoms with Crippen LogP contribution in [0.25, 0.3) is 0 Å². The highest BCUT2D eigenvalue weighted by Crippen LogP contribution is 2.14. The largest absolute Gasteiger partial charge is 0.489 e. The molecule has 0 aliphatic heterocycles. The molecular weight excluding hydrogens is 200 g/mol. The molecule has 0 aromatic heterocycles. The molecule has 88 valence electrons. The molecule has 0 heterocycles. The molecule has 0 saturated heterocycles. The first-order valence-corrected chi connectivity index (χ1v) is 5.68. The number of benzene rings is 1. The highest BCUT2D eigenvalue weighted by Gasteiger charge is 2.00. The Labute approximate surface area is 97.6 Å². The van der Waals surface area contributed by atoms with Crippen molar-refractivity contribution in [2.45, 2.75) is 32.8 Å². The molecule has 0 aliphatic rings. The minimum Gasteiger partial charge on any atom is -0.489 e. The van der Waals surface area contributed by atoms with Crippen molar-refractivity contribution in [1.82, 2.24) is 0 Å². The molecule has 0 spiro atoms. The third kappa shape index (κ3) is 4.49. The first-order chi connectivity index (χ1) is 7.61. The van der Waals surface area contributed by atoms with E-state index in [1.54, 1.807) is 6.92 Å². The second-order valence-corrected chi connectivity index (χ2v) is 4.09. The Kier molecular flexibility index (Phi) is 5.06. The summed E-state index contributed by atoms with van der Waals surface area (Å²) in [5.41, 5.74) is 2.21. The summed E-state index contributed by atoms with van der Waals surface area (Å²) in [7, 11) is 0. The SMILES string of the molecule is C=C(CC)COc1ccc(CC(C)O)cc1. The van der Waals surface area contributed by atoms with Crippen molar-refractivity contribution >= 4 is 0 Å². The molecule has 1 atom stereocenters. The van der Waals surface area contributed by atoms with E-state index in [1.165, 1.54) is 0 Å². The average molecular weight is 220 g/mol. The van der Waals surface area contributed by atoms with E-state index in [0.29, 0.717) is 13.0 Å². The third-order valence-corrected chi connectivity index (χ3v) is 2.40. The summed E-state index contributed by atoms with van der Waals surface area (Å²) < 4.78 is 5.56. The van der Waals surface area contributed by atoms with Gasteiger partial charge in [0.25, 0.3) is 0 Å². The van der Waals surface area contributed by atoms with Gasteiger partial charge in [0.15, 0.2) is 0 Å². The molecule has 0 saturated carbocycles. The molecule has 1 rings (SSSR count). The van der Waals surface area contributed by atoms with Crippen LogP contribution in [0.4, 0.5) is 0 Å². The topological polar surface area (TPSA) is 29.5 Å². The van der Waals surface area contributed by atoms with Crippen LogP contribution in [-0.2, 0) is 6.42 Å². The Hall–Kier alpha value is -1.28. The Balaban J connectivity index is 2.48. The molecule has 1 aromatic rings. The molecule has 16 heavy (non-hydrogen) atoms. The van der Waals surface area contributed by atoms with Gasteiger partial charge in [-0.05, 0) is 43.0 Å². The number of ether oxygens (including phenoxy) is 1. The third-order valence-electron chi connectivity index (χ3n) is 2.40. The normalized spacial score (nSPS) is 12.2. The minimum absolute atomic E-state index is 0.299. The van der Waals surface area contributed by atoms with Gasteiger partial charge in [0, 0.05) is 0 Å². The first kappa shape index (κ1) is 12.8. The minimum atomic E-state index is -0.299. The molecule has 0 aliphatic carbocycles. The lowest BCUT2D eigenvalue weighted by Gasteiger charge is -2.08. The fourth-order valence-electron chi connectivity index (χ4n) is 1.35. The van der Waals surface area contributed by atoms with Crippen LogP contribution >= 0.6 is 0 Å². The lowest BCUT2D eigenvalue weighted by atomic mass is 10.1. The van der Waals surface area contributed by atoms with E-state index in [-0.39, 0.29) is 6.10 Å². The molecular formula is C14H20O2. The summed E-state index contributed by atoms with van der Waals surface area (Å²) in [5.74, 6) is 0.851. The fraction of sp³-hybridized carbons (Fsp3) is 0.429. The predicted molar refractivity (Wildman–Crippen MR) is 66.8 cm³/mol. The van der Waals surface area contributed by atoms with Crippen molar-refractivity contribution < 1.29 is 9.84 Å². The molecule has 0 fully saturated rings. The second kappa shape index (κ2) is 6.33. The Bertz CT molecular complexity index is 325. The van der Waals surface area contributed by atoms with Gasteiger partial charge in [-0.2, -0.15) is 0 Å². The zero-order chi connectivity index (χ0) is 12.0. The van der Waals surface area contributed by atoms with Gasteiger partial charge in [-0.15, -0.1) is 0 Å². The molecule has 1 unspecified atom stereocenters. The highest BCUT2D eigenvalue weighted by atomic mass is 16.5. The summed E-state index contributed by atoms with van der Waals surface area (Å²) in [6.07, 6.45) is 1.33. The lowest BCUT2D eigenvalue weighted by molar-refractivity contribution is 0.195. The van der Waals surface area contributed by atoms with E-state index in [2.05, 4.69) is 13.5 Å². The number of aliphatic hydroxyl groups is 1. The van der Waals surface area contributed by atoms with E-state index in [9.17, 15) is 5.11 Å². The Morgan fingerprint density at radius 2 is 2.00 bits per heavy atom. The lowest BCUT2D eigenvalue weighted by Crippen LogP contribution is -2.04. The molecule has 1 N–H and O–H groups in total. The molecule has 2 heteroatoms. The average Bonchev–Trinajstić information content (AvgIpc) is 2.27. The molecule has 1 aromatic carbocycles. The van der Waals surface area contributed by atoms with Gasteiger partial charge in [0.2, 0.25) is 0 Å². The summed E-state index contributed by atoms with van der Waals surface area (Å²) in [6, 6.07) is 7.83. The van der Waals surface area contributed by atoms with Crippen molar-refractivity contribution in [3.8, 4) is 5.75 Å². The van der Waals surface area contributed by atoms with Crippen LogP contribution in [0.5, 0.6) is 5.75 Å². The van der Waals surface area contributed by atoms with E-state index in [0.717, 1.165) is 23.3 Å². The molecule has 0 amide bonds. The van der Waals surface area contributed by atoms with E-state index < -0.39 is 0 Å². The standard InChI is InChI=1S/C14H20O2/c1-4-11(2)10-16-14-7-5-13(6-8-14)9-12(3)15/h5-8,12,15H,2,4,9-10H2,1,3H3. The van der Waals surface area contributed by atoms with E-state index >= 15 is 0 Å². The fourth-order valence-corrected chi connectivity index (χ4v) is 1.35. The summed E-state index contributed by atoms with van der Waals surface area (Å²) >= 11 is 0.